The highest BCUT2D eigenvalue weighted by Gasteiger charge is 2.32. The van der Waals surface area contributed by atoms with Crippen molar-refractivity contribution in [2.45, 2.75) is 46.1 Å². The Morgan fingerprint density at radius 3 is 2.56 bits per heavy atom. The normalized spacial score (nSPS) is 22.7. The summed E-state index contributed by atoms with van der Waals surface area (Å²) in [5, 5.41) is 6.89. The van der Waals surface area contributed by atoms with Gasteiger partial charge in [-0.3, -0.25) is 14.9 Å². The third-order valence-corrected chi connectivity index (χ3v) is 5.04. The van der Waals surface area contributed by atoms with Gasteiger partial charge in [-0.1, -0.05) is 19.9 Å². The van der Waals surface area contributed by atoms with Crippen molar-refractivity contribution in [2.75, 3.05) is 33.2 Å². The van der Waals surface area contributed by atoms with Crippen LogP contribution in [0.5, 0.6) is 0 Å². The van der Waals surface area contributed by atoms with Crippen molar-refractivity contribution < 1.29 is 0 Å². The molecule has 2 atom stereocenters. The molecule has 1 saturated heterocycles. The summed E-state index contributed by atoms with van der Waals surface area (Å²) in [5.74, 6) is 2.42. The highest BCUT2D eigenvalue weighted by molar-refractivity contribution is 5.79. The van der Waals surface area contributed by atoms with Crippen molar-refractivity contribution in [3.05, 3.63) is 30.1 Å². The molecule has 0 amide bonds. The van der Waals surface area contributed by atoms with Crippen molar-refractivity contribution in [1.29, 1.82) is 0 Å². The Kier molecular flexibility index (Phi) is 7.24. The molecule has 0 aromatic carbocycles. The Labute approximate surface area is 153 Å². The van der Waals surface area contributed by atoms with Gasteiger partial charge in [-0.2, -0.15) is 0 Å². The molecule has 1 fully saturated rings. The lowest BCUT2D eigenvalue weighted by atomic mass is 9.88. The molecule has 0 spiro atoms. The zero-order valence-corrected chi connectivity index (χ0v) is 16.5. The van der Waals surface area contributed by atoms with Crippen LogP contribution in [0, 0.1) is 11.8 Å². The molecule has 1 aliphatic heterocycles. The average Bonchev–Trinajstić information content (AvgIpc) is 2.58. The summed E-state index contributed by atoms with van der Waals surface area (Å²) in [6.07, 6.45) is 4.08. The second-order valence-corrected chi connectivity index (χ2v) is 8.09. The number of likely N-dealkylation sites (tertiary alicyclic amines) is 1. The zero-order valence-electron chi connectivity index (χ0n) is 16.5. The molecule has 1 aromatic heterocycles. The van der Waals surface area contributed by atoms with Gasteiger partial charge in [0.05, 0.1) is 0 Å². The van der Waals surface area contributed by atoms with Crippen molar-refractivity contribution in [3.63, 3.8) is 0 Å². The van der Waals surface area contributed by atoms with Gasteiger partial charge >= 0.3 is 0 Å². The molecule has 5 nitrogen and oxygen atoms in total. The molecule has 1 aromatic rings. The van der Waals surface area contributed by atoms with E-state index in [-0.39, 0.29) is 5.54 Å². The molecule has 2 rings (SSSR count). The summed E-state index contributed by atoms with van der Waals surface area (Å²) in [4.78, 5) is 11.3. The van der Waals surface area contributed by atoms with Gasteiger partial charge in [-0.05, 0) is 44.2 Å². The Morgan fingerprint density at radius 2 is 1.96 bits per heavy atom. The minimum absolute atomic E-state index is 0.113. The monoisotopic (exact) mass is 345 g/mol. The third kappa shape index (κ3) is 6.31. The number of hydrogen-bond donors (Lipinski definition) is 2. The lowest BCUT2D eigenvalue weighted by molar-refractivity contribution is 0.0483. The van der Waals surface area contributed by atoms with E-state index in [1.165, 1.54) is 19.5 Å². The predicted molar refractivity (Wildman–Crippen MR) is 106 cm³/mol. The minimum atomic E-state index is 0.113. The van der Waals surface area contributed by atoms with Crippen LogP contribution in [-0.2, 0) is 6.42 Å². The van der Waals surface area contributed by atoms with Crippen LogP contribution in [0.4, 0.5) is 0 Å². The van der Waals surface area contributed by atoms with Gasteiger partial charge in [-0.25, -0.2) is 0 Å². The van der Waals surface area contributed by atoms with Crippen LogP contribution in [0.15, 0.2) is 29.4 Å². The number of hydrogen-bond acceptors (Lipinski definition) is 3. The minimum Gasteiger partial charge on any atom is -0.356 e. The van der Waals surface area contributed by atoms with Crippen LogP contribution in [-0.4, -0.2) is 54.6 Å². The average molecular weight is 346 g/mol. The van der Waals surface area contributed by atoms with Crippen molar-refractivity contribution in [3.8, 4) is 0 Å². The van der Waals surface area contributed by atoms with E-state index in [9.17, 15) is 0 Å². The first-order valence-electron chi connectivity index (χ1n) is 9.50. The van der Waals surface area contributed by atoms with Crippen molar-refractivity contribution in [1.82, 2.24) is 20.5 Å². The topological polar surface area (TPSA) is 52.6 Å². The summed E-state index contributed by atoms with van der Waals surface area (Å²) in [6.45, 7) is 13.5. The van der Waals surface area contributed by atoms with Crippen LogP contribution in [0.2, 0.25) is 0 Å². The number of rotatable bonds is 6. The number of aromatic nitrogens is 1. The SMILES string of the molecule is CN=C(NCCc1ccccn1)NCC(C)(C)N1CC(C)CC(C)C1. The van der Waals surface area contributed by atoms with Crippen molar-refractivity contribution in [2.24, 2.45) is 16.8 Å². The number of guanidine groups is 1. The molecule has 25 heavy (non-hydrogen) atoms. The van der Waals surface area contributed by atoms with E-state index in [4.69, 9.17) is 0 Å². The maximum absolute atomic E-state index is 4.36. The Balaban J connectivity index is 1.78. The van der Waals surface area contributed by atoms with Gasteiger partial charge in [0.15, 0.2) is 5.96 Å². The first kappa shape index (κ1) is 19.7. The van der Waals surface area contributed by atoms with Crippen LogP contribution >= 0.6 is 0 Å². The van der Waals surface area contributed by atoms with E-state index in [1.54, 1.807) is 0 Å². The summed E-state index contributed by atoms with van der Waals surface area (Å²) in [6, 6.07) is 6.03. The predicted octanol–water partition coefficient (Wildman–Crippen LogP) is 2.55. The smallest absolute Gasteiger partial charge is 0.191 e. The second-order valence-electron chi connectivity index (χ2n) is 8.09. The first-order valence-corrected chi connectivity index (χ1v) is 9.50. The lowest BCUT2D eigenvalue weighted by Crippen LogP contribution is -2.57. The standard InChI is InChI=1S/C20H35N5/c1-16-12-17(2)14-25(13-16)20(3,4)15-24-19(21-5)23-11-9-18-8-6-7-10-22-18/h6-8,10,16-17H,9,11-15H2,1-5H3,(H2,21,23,24). The summed E-state index contributed by atoms with van der Waals surface area (Å²) < 4.78 is 0. The summed E-state index contributed by atoms with van der Waals surface area (Å²) >= 11 is 0. The van der Waals surface area contributed by atoms with E-state index in [0.29, 0.717) is 0 Å². The Hall–Kier alpha value is -1.62. The quantitative estimate of drug-likeness (QED) is 0.614. The highest BCUT2D eigenvalue weighted by Crippen LogP contribution is 2.26. The molecule has 5 heteroatoms. The summed E-state index contributed by atoms with van der Waals surface area (Å²) in [5.41, 5.74) is 1.21. The van der Waals surface area contributed by atoms with Gasteiger partial charge in [-0.15, -0.1) is 0 Å². The van der Waals surface area contributed by atoms with Crippen LogP contribution < -0.4 is 10.6 Å². The largest absolute Gasteiger partial charge is 0.356 e. The maximum atomic E-state index is 4.36. The van der Waals surface area contributed by atoms with Gasteiger partial charge in [0.1, 0.15) is 0 Å². The lowest BCUT2D eigenvalue weighted by Gasteiger charge is -2.45. The molecule has 2 heterocycles. The van der Waals surface area contributed by atoms with Crippen LogP contribution in [0.1, 0.15) is 39.8 Å². The maximum Gasteiger partial charge on any atom is 0.191 e. The molecule has 0 aliphatic carbocycles. The van der Waals surface area contributed by atoms with E-state index in [1.807, 2.05) is 25.4 Å². The second kappa shape index (κ2) is 9.18. The fraction of sp³-hybridized carbons (Fsp3) is 0.700. The van der Waals surface area contributed by atoms with Gasteiger partial charge in [0.25, 0.3) is 0 Å². The number of pyridine rings is 1. The van der Waals surface area contributed by atoms with E-state index < -0.39 is 0 Å². The van der Waals surface area contributed by atoms with Gasteiger partial charge in [0, 0.05) is 57.1 Å². The number of piperidine rings is 1. The molecular weight excluding hydrogens is 310 g/mol. The van der Waals surface area contributed by atoms with E-state index in [0.717, 1.165) is 43.0 Å². The highest BCUT2D eigenvalue weighted by atomic mass is 15.2. The fourth-order valence-corrected chi connectivity index (χ4v) is 3.64. The first-order chi connectivity index (χ1) is 11.9. The molecule has 2 unspecified atom stereocenters. The molecule has 2 N–H and O–H groups in total. The zero-order chi connectivity index (χ0) is 18.3. The molecular formula is C20H35N5. The molecule has 0 radical (unpaired) electrons. The van der Waals surface area contributed by atoms with Gasteiger partial charge in [0.2, 0.25) is 0 Å². The number of nitrogens with zero attached hydrogens (tertiary/aromatic N) is 3. The fourth-order valence-electron chi connectivity index (χ4n) is 3.64. The van der Waals surface area contributed by atoms with Crippen LogP contribution in [0.3, 0.4) is 0 Å². The van der Waals surface area contributed by atoms with Crippen LogP contribution in [0.25, 0.3) is 0 Å². The van der Waals surface area contributed by atoms with E-state index >= 15 is 0 Å². The molecule has 0 bridgehead atoms. The molecule has 140 valence electrons. The molecule has 1 aliphatic rings. The van der Waals surface area contributed by atoms with E-state index in [2.05, 4.69) is 59.3 Å². The number of nitrogens with one attached hydrogen (secondary N) is 2. The van der Waals surface area contributed by atoms with Crippen molar-refractivity contribution >= 4 is 5.96 Å². The Bertz CT molecular complexity index is 530. The summed E-state index contributed by atoms with van der Waals surface area (Å²) in [7, 11) is 1.83. The van der Waals surface area contributed by atoms with Gasteiger partial charge < -0.3 is 10.6 Å². The number of aliphatic imine (C=N–C) groups is 1. The molecule has 0 saturated carbocycles. The third-order valence-electron chi connectivity index (χ3n) is 5.04. The Morgan fingerprint density at radius 1 is 1.24 bits per heavy atom.